The van der Waals surface area contributed by atoms with Crippen molar-refractivity contribution in [2.24, 2.45) is 0 Å². The highest BCUT2D eigenvalue weighted by Gasteiger charge is 2.44. The molecule has 0 aromatic heterocycles. The summed E-state index contributed by atoms with van der Waals surface area (Å²) in [7, 11) is 0. The molecular formula is C15H21NO5. The van der Waals surface area contributed by atoms with Crippen LogP contribution < -0.4 is 5.32 Å². The second-order valence-electron chi connectivity index (χ2n) is 5.21. The van der Waals surface area contributed by atoms with Crippen molar-refractivity contribution in [2.45, 2.75) is 51.1 Å². The molecule has 1 fully saturated rings. The number of hydrogen-bond acceptors (Lipinski definition) is 5. The van der Waals surface area contributed by atoms with Gasteiger partial charge in [-0.25, -0.2) is 0 Å². The largest absolute Gasteiger partial charge is 0.388 e. The Bertz CT molecular complexity index is 466. The Morgan fingerprint density at radius 1 is 1.33 bits per heavy atom. The molecule has 1 amide bonds. The molecule has 5 atom stereocenters. The number of aliphatic hydroxyl groups is 2. The summed E-state index contributed by atoms with van der Waals surface area (Å²) in [5.74, 6) is -0.322. The molecular weight excluding hydrogens is 274 g/mol. The fourth-order valence-electron chi connectivity index (χ4n) is 2.38. The first-order valence-corrected chi connectivity index (χ1v) is 6.93. The van der Waals surface area contributed by atoms with Gasteiger partial charge in [0.2, 0.25) is 5.91 Å². The number of amides is 1. The summed E-state index contributed by atoms with van der Waals surface area (Å²) >= 11 is 0. The second kappa shape index (κ2) is 7.00. The van der Waals surface area contributed by atoms with Crippen LogP contribution in [0.4, 0.5) is 0 Å². The highest BCUT2D eigenvalue weighted by atomic mass is 16.6. The third kappa shape index (κ3) is 4.01. The highest BCUT2D eigenvalue weighted by molar-refractivity contribution is 5.73. The third-order valence-corrected chi connectivity index (χ3v) is 3.49. The smallest absolute Gasteiger partial charge is 0.217 e. The van der Waals surface area contributed by atoms with Gasteiger partial charge >= 0.3 is 0 Å². The molecule has 6 nitrogen and oxygen atoms in total. The van der Waals surface area contributed by atoms with Crippen molar-refractivity contribution < 1.29 is 24.5 Å². The number of carbonyl (C=O) groups excluding carboxylic acids is 1. The zero-order valence-corrected chi connectivity index (χ0v) is 12.1. The van der Waals surface area contributed by atoms with Gasteiger partial charge in [0.25, 0.3) is 0 Å². The van der Waals surface area contributed by atoms with Crippen LogP contribution in [-0.2, 0) is 20.9 Å². The molecule has 1 aliphatic heterocycles. The zero-order chi connectivity index (χ0) is 15.4. The molecule has 0 spiro atoms. The lowest BCUT2D eigenvalue weighted by Crippen LogP contribution is -2.63. The van der Waals surface area contributed by atoms with Crippen LogP contribution >= 0.6 is 0 Å². The van der Waals surface area contributed by atoms with E-state index in [9.17, 15) is 15.0 Å². The maximum Gasteiger partial charge on any atom is 0.217 e. The Kier molecular flexibility index (Phi) is 5.30. The van der Waals surface area contributed by atoms with Gasteiger partial charge in [-0.15, -0.1) is 0 Å². The Balaban J connectivity index is 2.08. The Morgan fingerprint density at radius 3 is 2.62 bits per heavy atom. The molecule has 1 aromatic carbocycles. The number of carbonyl (C=O) groups is 1. The predicted molar refractivity (Wildman–Crippen MR) is 75.2 cm³/mol. The standard InChI is InChI=1S/C15H21NO5/c1-9-13(18)14(12(15(19)21-9)16-10(2)17)20-8-11-6-4-3-5-7-11/h3-7,9,12-15,18-19H,8H2,1-2H3,(H,16,17)/t9-,12-,13+,14-,15?/m1/s1. The Morgan fingerprint density at radius 2 is 2.00 bits per heavy atom. The summed E-state index contributed by atoms with van der Waals surface area (Å²) in [5.41, 5.74) is 0.944. The van der Waals surface area contributed by atoms with E-state index in [2.05, 4.69) is 5.32 Å². The molecule has 2 rings (SSSR count). The van der Waals surface area contributed by atoms with E-state index in [1.54, 1.807) is 6.92 Å². The van der Waals surface area contributed by atoms with Gasteiger partial charge in [-0.3, -0.25) is 4.79 Å². The molecule has 1 aliphatic rings. The van der Waals surface area contributed by atoms with E-state index in [-0.39, 0.29) is 12.5 Å². The van der Waals surface area contributed by atoms with Gasteiger partial charge in [0, 0.05) is 6.92 Å². The van der Waals surface area contributed by atoms with Crippen LogP contribution in [0, 0.1) is 0 Å². The zero-order valence-electron chi connectivity index (χ0n) is 12.1. The van der Waals surface area contributed by atoms with E-state index in [0.717, 1.165) is 5.56 Å². The molecule has 0 saturated carbocycles. The fourth-order valence-corrected chi connectivity index (χ4v) is 2.38. The van der Waals surface area contributed by atoms with Crippen LogP contribution in [0.25, 0.3) is 0 Å². The van der Waals surface area contributed by atoms with E-state index >= 15 is 0 Å². The third-order valence-electron chi connectivity index (χ3n) is 3.49. The molecule has 0 aliphatic carbocycles. The van der Waals surface area contributed by atoms with E-state index < -0.39 is 30.6 Å². The lowest BCUT2D eigenvalue weighted by Gasteiger charge is -2.41. The molecule has 1 heterocycles. The molecule has 6 heteroatoms. The van der Waals surface area contributed by atoms with Gasteiger partial charge in [0.1, 0.15) is 18.2 Å². The van der Waals surface area contributed by atoms with Crippen molar-refractivity contribution in [1.29, 1.82) is 0 Å². The number of ether oxygens (including phenoxy) is 2. The summed E-state index contributed by atoms with van der Waals surface area (Å²) in [5, 5.41) is 22.7. The van der Waals surface area contributed by atoms with Crippen LogP contribution in [0.2, 0.25) is 0 Å². The average Bonchev–Trinajstić information content (AvgIpc) is 2.45. The van der Waals surface area contributed by atoms with E-state index in [1.807, 2.05) is 30.3 Å². The first kappa shape index (κ1) is 15.9. The second-order valence-corrected chi connectivity index (χ2v) is 5.21. The van der Waals surface area contributed by atoms with Crippen molar-refractivity contribution in [2.75, 3.05) is 0 Å². The lowest BCUT2D eigenvalue weighted by molar-refractivity contribution is -0.253. The number of rotatable bonds is 4. The average molecular weight is 295 g/mol. The topological polar surface area (TPSA) is 88.0 Å². The minimum atomic E-state index is -1.21. The van der Waals surface area contributed by atoms with Gasteiger partial charge in [0.05, 0.1) is 12.7 Å². The summed E-state index contributed by atoms with van der Waals surface area (Å²) < 4.78 is 10.9. The minimum Gasteiger partial charge on any atom is -0.388 e. The molecule has 1 unspecified atom stereocenters. The normalized spacial score (nSPS) is 32.7. The lowest BCUT2D eigenvalue weighted by atomic mass is 9.97. The number of aliphatic hydroxyl groups excluding tert-OH is 2. The van der Waals surface area contributed by atoms with Crippen molar-refractivity contribution in [3.8, 4) is 0 Å². The Hall–Kier alpha value is -1.47. The van der Waals surface area contributed by atoms with E-state index in [4.69, 9.17) is 9.47 Å². The minimum absolute atomic E-state index is 0.276. The molecule has 21 heavy (non-hydrogen) atoms. The van der Waals surface area contributed by atoms with E-state index in [1.165, 1.54) is 6.92 Å². The van der Waals surface area contributed by atoms with Crippen LogP contribution in [0.15, 0.2) is 30.3 Å². The molecule has 1 aromatic rings. The summed E-state index contributed by atoms with van der Waals surface area (Å²) in [6.07, 6.45) is -3.47. The fraction of sp³-hybridized carbons (Fsp3) is 0.533. The summed E-state index contributed by atoms with van der Waals surface area (Å²) in [6, 6.07) is 8.68. The first-order valence-electron chi connectivity index (χ1n) is 6.93. The predicted octanol–water partition coefficient (Wildman–Crippen LogP) is 0.175. The molecule has 1 saturated heterocycles. The number of hydrogen-bond donors (Lipinski definition) is 3. The molecule has 0 bridgehead atoms. The quantitative estimate of drug-likeness (QED) is 0.737. The first-order chi connectivity index (χ1) is 9.99. The maximum absolute atomic E-state index is 11.3. The highest BCUT2D eigenvalue weighted by Crippen LogP contribution is 2.23. The molecule has 116 valence electrons. The number of benzene rings is 1. The van der Waals surface area contributed by atoms with Crippen LogP contribution in [0.5, 0.6) is 0 Å². The van der Waals surface area contributed by atoms with E-state index in [0.29, 0.717) is 0 Å². The van der Waals surface area contributed by atoms with Gasteiger partial charge in [-0.2, -0.15) is 0 Å². The summed E-state index contributed by atoms with van der Waals surface area (Å²) in [6.45, 7) is 3.26. The van der Waals surface area contributed by atoms with Gasteiger partial charge < -0.3 is 25.0 Å². The van der Waals surface area contributed by atoms with Crippen molar-refractivity contribution >= 4 is 5.91 Å². The van der Waals surface area contributed by atoms with Gasteiger partial charge in [0.15, 0.2) is 6.29 Å². The van der Waals surface area contributed by atoms with Crippen LogP contribution in [-0.4, -0.2) is 46.8 Å². The monoisotopic (exact) mass is 295 g/mol. The summed E-state index contributed by atoms with van der Waals surface area (Å²) in [4.78, 5) is 11.3. The van der Waals surface area contributed by atoms with Crippen LogP contribution in [0.3, 0.4) is 0 Å². The molecule has 0 radical (unpaired) electrons. The maximum atomic E-state index is 11.3. The Labute approximate surface area is 123 Å². The van der Waals surface area contributed by atoms with Gasteiger partial charge in [-0.1, -0.05) is 30.3 Å². The van der Waals surface area contributed by atoms with Crippen molar-refractivity contribution in [3.63, 3.8) is 0 Å². The SMILES string of the molecule is CC(=O)N[C@H]1C(O)O[C@H](C)[C@H](O)[C@@H]1OCc1ccccc1. The number of nitrogens with one attached hydrogen (secondary N) is 1. The van der Waals surface area contributed by atoms with Gasteiger partial charge in [-0.05, 0) is 12.5 Å². The van der Waals surface area contributed by atoms with Crippen LogP contribution in [0.1, 0.15) is 19.4 Å². The molecule has 3 N–H and O–H groups in total. The van der Waals surface area contributed by atoms with Crippen molar-refractivity contribution in [1.82, 2.24) is 5.32 Å². The van der Waals surface area contributed by atoms with Crippen molar-refractivity contribution in [3.05, 3.63) is 35.9 Å².